The van der Waals surface area contributed by atoms with Crippen molar-refractivity contribution in [2.75, 3.05) is 33.2 Å². The molecule has 1 aliphatic heterocycles. The van der Waals surface area contributed by atoms with Crippen LogP contribution in [0.25, 0.3) is 0 Å². The summed E-state index contributed by atoms with van der Waals surface area (Å²) in [6, 6.07) is -0.109. The number of likely N-dealkylation sites (N-methyl/N-ethyl adjacent to an activating group) is 1. The molecule has 2 N–H and O–H groups in total. The summed E-state index contributed by atoms with van der Waals surface area (Å²) in [7, 11) is 1.62. The molecule has 0 aromatic heterocycles. The Kier molecular flexibility index (Phi) is 15.0. The molecule has 2 aliphatic rings. The molecule has 0 radical (unpaired) electrons. The van der Waals surface area contributed by atoms with Crippen molar-refractivity contribution < 1.29 is 4.79 Å². The number of allylic oxidation sites excluding steroid dienone is 7. The standard InChI is InChI=1S/C11H11N.C8H19N3O.C2H6/c1-2-6-10-7-4-5-9-12-11(10)8-3-1;1-4-11(5-2)7-6-10-8(12)9-3;1-2/h2-4,6-9H,1,5H2;4-7H2,1-3H3,(H2,9,10,12);1-2H3. The van der Waals surface area contributed by atoms with E-state index in [-0.39, 0.29) is 6.03 Å². The van der Waals surface area contributed by atoms with E-state index >= 15 is 0 Å². The molecular weight excluding hydrogens is 324 g/mol. The van der Waals surface area contributed by atoms with Crippen LogP contribution < -0.4 is 10.6 Å². The zero-order valence-electron chi connectivity index (χ0n) is 17.1. The van der Waals surface area contributed by atoms with Gasteiger partial charge < -0.3 is 15.5 Å². The topological polar surface area (TPSA) is 56.7 Å². The minimum absolute atomic E-state index is 0.109. The summed E-state index contributed by atoms with van der Waals surface area (Å²) < 4.78 is 0. The third kappa shape index (κ3) is 10.7. The van der Waals surface area contributed by atoms with Crippen molar-refractivity contribution in [3.8, 4) is 0 Å². The minimum Gasteiger partial charge on any atom is -0.341 e. The summed E-state index contributed by atoms with van der Waals surface area (Å²) in [5.74, 6) is 0. The van der Waals surface area contributed by atoms with Gasteiger partial charge in [0.1, 0.15) is 0 Å². The molecule has 2 rings (SSSR count). The molecule has 0 spiro atoms. The van der Waals surface area contributed by atoms with Crippen molar-refractivity contribution in [3.63, 3.8) is 0 Å². The predicted octanol–water partition coefficient (Wildman–Crippen LogP) is 4.07. The summed E-state index contributed by atoms with van der Waals surface area (Å²) in [5, 5.41) is 5.25. The summed E-state index contributed by atoms with van der Waals surface area (Å²) >= 11 is 0. The molecule has 0 unspecified atom stereocenters. The van der Waals surface area contributed by atoms with E-state index in [1.54, 1.807) is 7.05 Å². The van der Waals surface area contributed by atoms with Gasteiger partial charge in [0.2, 0.25) is 0 Å². The lowest BCUT2D eigenvalue weighted by Gasteiger charge is -2.17. The normalized spacial score (nSPS) is 14.4. The maximum atomic E-state index is 10.7. The van der Waals surface area contributed by atoms with Crippen molar-refractivity contribution in [1.29, 1.82) is 0 Å². The molecule has 1 heterocycles. The van der Waals surface area contributed by atoms with Gasteiger partial charge in [0.05, 0.1) is 5.70 Å². The van der Waals surface area contributed by atoms with Crippen molar-refractivity contribution in [1.82, 2.24) is 15.5 Å². The number of hydrogen-bond donors (Lipinski definition) is 2. The predicted molar refractivity (Wildman–Crippen MR) is 114 cm³/mol. The Balaban J connectivity index is 0.000000439. The van der Waals surface area contributed by atoms with Crippen LogP contribution in [-0.2, 0) is 0 Å². The molecule has 5 nitrogen and oxygen atoms in total. The number of aliphatic imine (C=N–C) groups is 1. The van der Waals surface area contributed by atoms with E-state index in [1.807, 2.05) is 20.1 Å². The molecule has 2 amide bonds. The first-order valence-electron chi connectivity index (χ1n) is 9.65. The monoisotopic (exact) mass is 360 g/mol. The quantitative estimate of drug-likeness (QED) is 0.776. The SMILES string of the molecule is C1=CC2=C(C=CC1)N=CCC=C2.CC.CCN(CC)CCNC(=O)NC. The lowest BCUT2D eigenvalue weighted by molar-refractivity contribution is 0.239. The molecule has 146 valence electrons. The van der Waals surface area contributed by atoms with Gasteiger partial charge in [-0.05, 0) is 31.2 Å². The van der Waals surface area contributed by atoms with Gasteiger partial charge in [-0.1, -0.05) is 58.1 Å². The highest BCUT2D eigenvalue weighted by atomic mass is 16.2. The van der Waals surface area contributed by atoms with Crippen LogP contribution >= 0.6 is 0 Å². The van der Waals surface area contributed by atoms with Gasteiger partial charge in [0.25, 0.3) is 0 Å². The van der Waals surface area contributed by atoms with Crippen LogP contribution in [-0.4, -0.2) is 50.4 Å². The van der Waals surface area contributed by atoms with Crippen molar-refractivity contribution in [2.45, 2.75) is 40.5 Å². The molecule has 0 aromatic rings. The fourth-order valence-corrected chi connectivity index (χ4v) is 2.26. The molecule has 26 heavy (non-hydrogen) atoms. The molecule has 0 atom stereocenters. The Hall–Kier alpha value is -2.14. The Bertz CT molecular complexity index is 466. The first-order valence-corrected chi connectivity index (χ1v) is 9.65. The maximum Gasteiger partial charge on any atom is 0.314 e. The highest BCUT2D eigenvalue weighted by Crippen LogP contribution is 2.17. The Morgan fingerprint density at radius 3 is 2.31 bits per heavy atom. The lowest BCUT2D eigenvalue weighted by atomic mass is 10.2. The number of amides is 2. The molecule has 0 saturated carbocycles. The Morgan fingerprint density at radius 2 is 1.69 bits per heavy atom. The Morgan fingerprint density at radius 1 is 1.08 bits per heavy atom. The lowest BCUT2D eigenvalue weighted by Crippen LogP contribution is -2.38. The van der Waals surface area contributed by atoms with Gasteiger partial charge in [0.15, 0.2) is 0 Å². The third-order valence-corrected chi connectivity index (χ3v) is 3.75. The number of carbonyl (C=O) groups is 1. The van der Waals surface area contributed by atoms with Crippen LogP contribution in [0.15, 0.2) is 52.7 Å². The molecule has 0 saturated heterocycles. The van der Waals surface area contributed by atoms with Crippen molar-refractivity contribution in [3.05, 3.63) is 47.7 Å². The van der Waals surface area contributed by atoms with Gasteiger partial charge in [0, 0.05) is 32.8 Å². The second-order valence-electron chi connectivity index (χ2n) is 5.36. The highest BCUT2D eigenvalue weighted by molar-refractivity contribution is 5.73. The third-order valence-electron chi connectivity index (χ3n) is 3.75. The smallest absolute Gasteiger partial charge is 0.314 e. The number of carbonyl (C=O) groups excluding carboxylic acids is 1. The fourth-order valence-electron chi connectivity index (χ4n) is 2.26. The first kappa shape index (κ1) is 23.9. The Labute approximate surface area is 159 Å². The van der Waals surface area contributed by atoms with Gasteiger partial charge in [-0.15, -0.1) is 0 Å². The van der Waals surface area contributed by atoms with Crippen LogP contribution in [0.4, 0.5) is 4.79 Å². The van der Waals surface area contributed by atoms with Crippen LogP contribution in [0.1, 0.15) is 40.5 Å². The molecule has 5 heteroatoms. The fraction of sp³-hybridized carbons (Fsp3) is 0.524. The zero-order valence-corrected chi connectivity index (χ0v) is 17.1. The van der Waals surface area contributed by atoms with Crippen molar-refractivity contribution in [2.24, 2.45) is 4.99 Å². The second kappa shape index (κ2) is 16.3. The number of urea groups is 1. The van der Waals surface area contributed by atoms with Crippen LogP contribution in [0, 0.1) is 0 Å². The average Bonchev–Trinajstić information content (AvgIpc) is 3.04. The van der Waals surface area contributed by atoms with Crippen LogP contribution in [0.3, 0.4) is 0 Å². The summed E-state index contributed by atoms with van der Waals surface area (Å²) in [6.45, 7) is 11.9. The van der Waals surface area contributed by atoms with E-state index in [1.165, 1.54) is 5.57 Å². The molecule has 0 fully saturated rings. The molecule has 0 bridgehead atoms. The number of nitrogens with zero attached hydrogens (tertiary/aromatic N) is 2. The van der Waals surface area contributed by atoms with Gasteiger partial charge in [-0.3, -0.25) is 4.99 Å². The van der Waals surface area contributed by atoms with E-state index in [0.29, 0.717) is 6.54 Å². The molecule has 0 aromatic carbocycles. The van der Waals surface area contributed by atoms with E-state index < -0.39 is 0 Å². The van der Waals surface area contributed by atoms with Crippen LogP contribution in [0.5, 0.6) is 0 Å². The zero-order chi connectivity index (χ0) is 19.6. The van der Waals surface area contributed by atoms with Gasteiger partial charge in [-0.25, -0.2) is 4.79 Å². The molecule has 1 aliphatic carbocycles. The number of nitrogens with one attached hydrogen (secondary N) is 2. The van der Waals surface area contributed by atoms with E-state index in [4.69, 9.17) is 0 Å². The second-order valence-corrected chi connectivity index (χ2v) is 5.36. The van der Waals surface area contributed by atoms with Crippen molar-refractivity contribution >= 4 is 12.2 Å². The van der Waals surface area contributed by atoms with E-state index in [2.05, 4.69) is 70.8 Å². The van der Waals surface area contributed by atoms with Crippen LogP contribution in [0.2, 0.25) is 0 Å². The van der Waals surface area contributed by atoms with Gasteiger partial charge in [-0.2, -0.15) is 0 Å². The maximum absolute atomic E-state index is 10.7. The largest absolute Gasteiger partial charge is 0.341 e. The first-order chi connectivity index (χ1) is 12.7. The molecular formula is C21H36N4O. The summed E-state index contributed by atoms with van der Waals surface area (Å²) in [6.07, 6.45) is 16.7. The number of hydrogen-bond acceptors (Lipinski definition) is 3. The average molecular weight is 361 g/mol. The highest BCUT2D eigenvalue weighted by Gasteiger charge is 2.00. The minimum atomic E-state index is -0.109. The van der Waals surface area contributed by atoms with Gasteiger partial charge >= 0.3 is 6.03 Å². The van der Waals surface area contributed by atoms with E-state index in [0.717, 1.165) is 38.2 Å². The number of rotatable bonds is 5. The van der Waals surface area contributed by atoms with E-state index in [9.17, 15) is 4.79 Å². The summed E-state index contributed by atoms with van der Waals surface area (Å²) in [4.78, 5) is 17.3. The summed E-state index contributed by atoms with van der Waals surface area (Å²) in [5.41, 5.74) is 2.30.